The Morgan fingerprint density at radius 2 is 1.84 bits per heavy atom. The van der Waals surface area contributed by atoms with E-state index < -0.39 is 0 Å². The molecule has 11 heteroatoms. The minimum Gasteiger partial charge on any atom is -0.352 e. The van der Waals surface area contributed by atoms with Crippen LogP contribution in [0.15, 0.2) is 52.1 Å². The maximum Gasteiger partial charge on any atom is 0.251 e. The van der Waals surface area contributed by atoms with Crippen molar-refractivity contribution in [2.24, 2.45) is 7.05 Å². The maximum atomic E-state index is 12.2. The zero-order valence-electron chi connectivity index (χ0n) is 16.4. The van der Waals surface area contributed by atoms with Gasteiger partial charge in [-0.05, 0) is 42.5 Å². The summed E-state index contributed by atoms with van der Waals surface area (Å²) in [5.74, 6) is 0.520. The van der Waals surface area contributed by atoms with Gasteiger partial charge in [-0.25, -0.2) is 0 Å². The van der Waals surface area contributed by atoms with E-state index >= 15 is 0 Å². The fourth-order valence-corrected chi connectivity index (χ4v) is 3.87. The minimum atomic E-state index is -0.250. The second-order valence-electron chi connectivity index (χ2n) is 6.44. The van der Waals surface area contributed by atoms with Gasteiger partial charge in [0.2, 0.25) is 5.91 Å². The Hall–Kier alpha value is -2.07. The summed E-state index contributed by atoms with van der Waals surface area (Å²) in [6.07, 6.45) is 0.488. The third-order valence-electron chi connectivity index (χ3n) is 4.20. The summed E-state index contributed by atoms with van der Waals surface area (Å²) in [6, 6.07) is 12.1. The van der Waals surface area contributed by atoms with Crippen molar-refractivity contribution in [3.63, 3.8) is 0 Å². The van der Waals surface area contributed by atoms with E-state index in [1.54, 1.807) is 12.1 Å². The number of thioether (sulfide) groups is 1. The molecule has 7 nitrogen and oxygen atoms in total. The van der Waals surface area contributed by atoms with Crippen molar-refractivity contribution in [3.05, 3.63) is 68.4 Å². The Morgan fingerprint density at radius 1 is 1.10 bits per heavy atom. The van der Waals surface area contributed by atoms with Gasteiger partial charge in [-0.15, -0.1) is 10.2 Å². The molecule has 1 heterocycles. The molecule has 2 amide bonds. The molecule has 0 aliphatic rings. The smallest absolute Gasteiger partial charge is 0.251 e. The molecule has 0 atom stereocenters. The number of nitrogens with one attached hydrogen (secondary N) is 2. The number of rotatable bonds is 8. The molecule has 0 radical (unpaired) electrons. The standard InChI is InChI=1S/C20H18BrCl2N5O2S/c1-28-17(8-9-24-19(30)12-2-7-15(22)16(23)10-12)26-27-20(28)31-11-18(29)25-14-5-3-13(21)4-6-14/h2-7,10H,8-9,11H2,1H3,(H,24,30)(H,25,29). The van der Waals surface area contributed by atoms with Gasteiger partial charge < -0.3 is 15.2 Å². The van der Waals surface area contributed by atoms with Crippen LogP contribution in [0.2, 0.25) is 10.0 Å². The second-order valence-corrected chi connectivity index (χ2v) is 9.11. The van der Waals surface area contributed by atoms with Crippen LogP contribution in [0.4, 0.5) is 5.69 Å². The number of hydrogen-bond donors (Lipinski definition) is 2. The molecular weight excluding hydrogens is 525 g/mol. The lowest BCUT2D eigenvalue weighted by molar-refractivity contribution is -0.113. The lowest BCUT2D eigenvalue weighted by Crippen LogP contribution is -2.26. The molecule has 3 rings (SSSR count). The number of carbonyl (C=O) groups excluding carboxylic acids is 2. The number of halogens is 3. The maximum absolute atomic E-state index is 12.2. The van der Waals surface area contributed by atoms with Gasteiger partial charge in [-0.1, -0.05) is 50.9 Å². The van der Waals surface area contributed by atoms with Crippen molar-refractivity contribution in [2.75, 3.05) is 17.6 Å². The van der Waals surface area contributed by atoms with E-state index in [4.69, 9.17) is 23.2 Å². The molecule has 1 aromatic heterocycles. The van der Waals surface area contributed by atoms with Crippen molar-refractivity contribution in [1.82, 2.24) is 20.1 Å². The summed E-state index contributed by atoms with van der Waals surface area (Å²) >= 11 is 16.5. The number of anilines is 1. The van der Waals surface area contributed by atoms with Gasteiger partial charge >= 0.3 is 0 Å². The summed E-state index contributed by atoms with van der Waals surface area (Å²) < 4.78 is 2.75. The van der Waals surface area contributed by atoms with Crippen molar-refractivity contribution in [1.29, 1.82) is 0 Å². The highest BCUT2D eigenvalue weighted by molar-refractivity contribution is 9.10. The Kier molecular flexibility index (Phi) is 8.36. The van der Waals surface area contributed by atoms with Gasteiger partial charge in [0, 0.05) is 35.7 Å². The van der Waals surface area contributed by atoms with Crippen molar-refractivity contribution in [3.8, 4) is 0 Å². The summed E-state index contributed by atoms with van der Waals surface area (Å²) in [5, 5.41) is 15.3. The van der Waals surface area contributed by atoms with Crippen LogP contribution < -0.4 is 10.6 Å². The Bertz CT molecular complexity index is 1090. The number of amides is 2. The summed E-state index contributed by atoms with van der Waals surface area (Å²) in [5.41, 5.74) is 1.16. The van der Waals surface area contributed by atoms with Crippen LogP contribution in [0.5, 0.6) is 0 Å². The highest BCUT2D eigenvalue weighted by atomic mass is 79.9. The topological polar surface area (TPSA) is 88.9 Å². The molecule has 0 aliphatic heterocycles. The van der Waals surface area contributed by atoms with Crippen LogP contribution in [0.3, 0.4) is 0 Å². The van der Waals surface area contributed by atoms with Crippen molar-refractivity contribution in [2.45, 2.75) is 11.6 Å². The van der Waals surface area contributed by atoms with Crippen LogP contribution in [0, 0.1) is 0 Å². The third-order valence-corrected chi connectivity index (χ3v) is 6.49. The lowest BCUT2D eigenvalue weighted by Gasteiger charge is -2.07. The predicted molar refractivity (Wildman–Crippen MR) is 127 cm³/mol. The molecule has 0 spiro atoms. The van der Waals surface area contributed by atoms with Gasteiger partial charge in [0.1, 0.15) is 5.82 Å². The number of hydrogen-bond acceptors (Lipinski definition) is 5. The van der Waals surface area contributed by atoms with Crippen molar-refractivity contribution < 1.29 is 9.59 Å². The van der Waals surface area contributed by atoms with Gasteiger partial charge in [-0.2, -0.15) is 0 Å². The van der Waals surface area contributed by atoms with E-state index in [-0.39, 0.29) is 17.6 Å². The number of nitrogens with zero attached hydrogens (tertiary/aromatic N) is 3. The number of benzene rings is 2. The average Bonchev–Trinajstić information content (AvgIpc) is 3.09. The quantitative estimate of drug-likeness (QED) is 0.406. The van der Waals surface area contributed by atoms with Crippen LogP contribution in [0.1, 0.15) is 16.2 Å². The monoisotopic (exact) mass is 541 g/mol. The third kappa shape index (κ3) is 6.70. The second kappa shape index (κ2) is 11.0. The predicted octanol–water partition coefficient (Wildman–Crippen LogP) is 4.59. The first-order valence-electron chi connectivity index (χ1n) is 9.13. The average molecular weight is 543 g/mol. The van der Waals surface area contributed by atoms with E-state index in [1.807, 2.05) is 35.9 Å². The molecule has 0 saturated heterocycles. The zero-order valence-corrected chi connectivity index (χ0v) is 20.3. The molecular formula is C20H18BrCl2N5O2S. The summed E-state index contributed by atoms with van der Waals surface area (Å²) in [7, 11) is 1.82. The molecule has 162 valence electrons. The van der Waals surface area contributed by atoms with Gasteiger partial charge in [0.15, 0.2) is 5.16 Å². The normalized spacial score (nSPS) is 10.7. The van der Waals surface area contributed by atoms with Gasteiger partial charge in [0.05, 0.1) is 15.8 Å². The number of carbonyl (C=O) groups is 2. The van der Waals surface area contributed by atoms with Crippen LogP contribution >= 0.6 is 50.9 Å². The first-order valence-corrected chi connectivity index (χ1v) is 11.7. The minimum absolute atomic E-state index is 0.134. The van der Waals surface area contributed by atoms with E-state index in [1.165, 1.54) is 17.8 Å². The Labute approximate surface area is 202 Å². The van der Waals surface area contributed by atoms with Crippen LogP contribution in [0.25, 0.3) is 0 Å². The van der Waals surface area contributed by atoms with Gasteiger partial charge in [0.25, 0.3) is 5.91 Å². The van der Waals surface area contributed by atoms with E-state index in [0.29, 0.717) is 39.6 Å². The highest BCUT2D eigenvalue weighted by Crippen LogP contribution is 2.22. The molecule has 0 fully saturated rings. The first kappa shape index (κ1) is 23.6. The molecule has 2 aromatic carbocycles. The van der Waals surface area contributed by atoms with Crippen LogP contribution in [-0.4, -0.2) is 38.9 Å². The van der Waals surface area contributed by atoms with E-state index in [2.05, 4.69) is 36.8 Å². The van der Waals surface area contributed by atoms with E-state index in [9.17, 15) is 9.59 Å². The van der Waals surface area contributed by atoms with Crippen LogP contribution in [-0.2, 0) is 18.3 Å². The largest absolute Gasteiger partial charge is 0.352 e. The molecule has 0 bridgehead atoms. The lowest BCUT2D eigenvalue weighted by atomic mass is 10.2. The Morgan fingerprint density at radius 3 is 2.55 bits per heavy atom. The molecule has 0 unspecified atom stereocenters. The molecule has 3 aromatic rings. The molecule has 0 aliphatic carbocycles. The SMILES string of the molecule is Cn1c(CCNC(=O)c2ccc(Cl)c(Cl)c2)nnc1SCC(=O)Nc1ccc(Br)cc1. The van der Waals surface area contributed by atoms with Gasteiger partial charge in [-0.3, -0.25) is 9.59 Å². The fourth-order valence-electron chi connectivity index (χ4n) is 2.58. The highest BCUT2D eigenvalue weighted by Gasteiger charge is 2.13. The fraction of sp³-hybridized carbons (Fsp3) is 0.200. The molecule has 0 saturated carbocycles. The Balaban J connectivity index is 1.47. The summed E-state index contributed by atoms with van der Waals surface area (Å²) in [6.45, 7) is 0.375. The van der Waals surface area contributed by atoms with E-state index in [0.717, 1.165) is 10.2 Å². The molecule has 2 N–H and O–H groups in total. The van der Waals surface area contributed by atoms with Crippen molar-refractivity contribution >= 4 is 68.4 Å². The molecule has 31 heavy (non-hydrogen) atoms. The number of aromatic nitrogens is 3. The summed E-state index contributed by atoms with van der Waals surface area (Å²) in [4.78, 5) is 24.4. The first-order chi connectivity index (χ1) is 14.8. The zero-order chi connectivity index (χ0) is 22.4.